The fraction of sp³-hybridized carbons (Fsp3) is 0.818. The summed E-state index contributed by atoms with van der Waals surface area (Å²) in [5.41, 5.74) is 5.20. The van der Waals surface area contributed by atoms with E-state index in [1.807, 2.05) is 6.92 Å². The normalized spacial score (nSPS) is 17.1. The second-order valence-electron chi connectivity index (χ2n) is 4.40. The molecule has 0 bridgehead atoms. The highest BCUT2D eigenvalue weighted by Crippen LogP contribution is 2.26. The van der Waals surface area contributed by atoms with Gasteiger partial charge in [0.2, 0.25) is 11.8 Å². The van der Waals surface area contributed by atoms with Crippen molar-refractivity contribution in [1.29, 1.82) is 0 Å². The third kappa shape index (κ3) is 4.91. The highest BCUT2D eigenvalue weighted by Gasteiger charge is 2.36. The summed E-state index contributed by atoms with van der Waals surface area (Å²) in [6.07, 6.45) is 4.31. The van der Waals surface area contributed by atoms with Crippen LogP contribution in [0.3, 0.4) is 0 Å². The first-order valence-electron chi connectivity index (χ1n) is 5.92. The molecule has 0 unspecified atom stereocenters. The second kappa shape index (κ2) is 7.50. The molecule has 2 amide bonds. The van der Waals surface area contributed by atoms with Gasteiger partial charge in [0.1, 0.15) is 0 Å². The van der Waals surface area contributed by atoms with E-state index in [4.69, 9.17) is 5.73 Å². The van der Waals surface area contributed by atoms with Gasteiger partial charge in [-0.1, -0.05) is 19.8 Å². The zero-order chi connectivity index (χ0) is 12.0. The van der Waals surface area contributed by atoms with Crippen molar-refractivity contribution in [3.05, 3.63) is 0 Å². The summed E-state index contributed by atoms with van der Waals surface area (Å²) in [5.74, 6) is -0.353. The SMILES string of the molecule is CCCNC(=O)CNC(=O)C1(N)CCCC1.Cl. The Balaban J connectivity index is 0.00000256. The van der Waals surface area contributed by atoms with E-state index in [2.05, 4.69) is 10.6 Å². The number of hydrogen-bond acceptors (Lipinski definition) is 3. The van der Waals surface area contributed by atoms with E-state index in [9.17, 15) is 9.59 Å². The lowest BCUT2D eigenvalue weighted by Crippen LogP contribution is -2.53. The van der Waals surface area contributed by atoms with Gasteiger partial charge < -0.3 is 16.4 Å². The van der Waals surface area contributed by atoms with Gasteiger partial charge >= 0.3 is 0 Å². The van der Waals surface area contributed by atoms with E-state index < -0.39 is 5.54 Å². The average Bonchev–Trinajstić information content (AvgIpc) is 2.71. The number of nitrogens with two attached hydrogens (primary N) is 1. The molecule has 1 aliphatic carbocycles. The molecule has 5 nitrogen and oxygen atoms in total. The lowest BCUT2D eigenvalue weighted by atomic mass is 9.98. The Morgan fingerprint density at radius 2 is 1.82 bits per heavy atom. The van der Waals surface area contributed by atoms with Gasteiger partial charge in [-0.15, -0.1) is 12.4 Å². The maximum atomic E-state index is 11.7. The number of carbonyl (C=O) groups is 2. The number of carbonyl (C=O) groups excluding carboxylic acids is 2. The van der Waals surface area contributed by atoms with E-state index in [0.29, 0.717) is 6.54 Å². The van der Waals surface area contributed by atoms with Gasteiger partial charge in [-0.3, -0.25) is 9.59 Å². The van der Waals surface area contributed by atoms with Gasteiger partial charge in [0.15, 0.2) is 0 Å². The molecule has 100 valence electrons. The molecule has 0 heterocycles. The van der Waals surface area contributed by atoms with E-state index in [1.165, 1.54) is 0 Å². The van der Waals surface area contributed by atoms with E-state index in [-0.39, 0.29) is 30.8 Å². The summed E-state index contributed by atoms with van der Waals surface area (Å²) < 4.78 is 0. The van der Waals surface area contributed by atoms with Gasteiger partial charge in [-0.2, -0.15) is 0 Å². The van der Waals surface area contributed by atoms with Crippen molar-refractivity contribution >= 4 is 24.2 Å². The van der Waals surface area contributed by atoms with Crippen LogP contribution in [0.4, 0.5) is 0 Å². The molecule has 0 aromatic carbocycles. The van der Waals surface area contributed by atoms with Crippen molar-refractivity contribution in [2.24, 2.45) is 5.73 Å². The van der Waals surface area contributed by atoms with Crippen LogP contribution < -0.4 is 16.4 Å². The molecule has 4 N–H and O–H groups in total. The minimum Gasteiger partial charge on any atom is -0.355 e. The Hall–Kier alpha value is -0.810. The van der Waals surface area contributed by atoms with Gasteiger partial charge in [-0.25, -0.2) is 0 Å². The molecule has 0 spiro atoms. The quantitative estimate of drug-likeness (QED) is 0.668. The molecule has 0 atom stereocenters. The molecular formula is C11H22ClN3O2. The van der Waals surface area contributed by atoms with Crippen LogP contribution in [0.2, 0.25) is 0 Å². The van der Waals surface area contributed by atoms with Crippen LogP contribution in [-0.4, -0.2) is 30.4 Å². The summed E-state index contributed by atoms with van der Waals surface area (Å²) in [5, 5.41) is 5.29. The van der Waals surface area contributed by atoms with Crippen LogP contribution in [0, 0.1) is 0 Å². The maximum absolute atomic E-state index is 11.7. The molecule has 1 fully saturated rings. The molecule has 0 aromatic heterocycles. The summed E-state index contributed by atoms with van der Waals surface area (Å²) in [6, 6.07) is 0. The Kier molecular flexibility index (Phi) is 7.15. The van der Waals surface area contributed by atoms with E-state index in [1.54, 1.807) is 0 Å². The van der Waals surface area contributed by atoms with Gasteiger partial charge in [-0.05, 0) is 19.3 Å². The molecular weight excluding hydrogens is 242 g/mol. The Morgan fingerprint density at radius 1 is 1.24 bits per heavy atom. The Morgan fingerprint density at radius 3 is 2.35 bits per heavy atom. The average molecular weight is 264 g/mol. The molecule has 17 heavy (non-hydrogen) atoms. The Labute approximate surface area is 108 Å². The van der Waals surface area contributed by atoms with Crippen molar-refractivity contribution in [2.45, 2.75) is 44.6 Å². The molecule has 1 saturated carbocycles. The fourth-order valence-electron chi connectivity index (χ4n) is 1.90. The van der Waals surface area contributed by atoms with Gasteiger partial charge in [0.05, 0.1) is 12.1 Å². The maximum Gasteiger partial charge on any atom is 0.240 e. The summed E-state index contributed by atoms with van der Waals surface area (Å²) in [7, 11) is 0. The zero-order valence-corrected chi connectivity index (χ0v) is 11.1. The molecule has 1 aliphatic rings. The summed E-state index contributed by atoms with van der Waals surface area (Å²) in [4.78, 5) is 23.0. The standard InChI is InChI=1S/C11H21N3O2.ClH/c1-2-7-13-9(15)8-14-10(16)11(12)5-3-4-6-11;/h2-8,12H2,1H3,(H,13,15)(H,14,16);1H. The molecule has 0 radical (unpaired) electrons. The van der Waals surface area contributed by atoms with Gasteiger partial charge in [0.25, 0.3) is 0 Å². The first-order valence-corrected chi connectivity index (χ1v) is 5.92. The number of nitrogens with one attached hydrogen (secondary N) is 2. The zero-order valence-electron chi connectivity index (χ0n) is 10.3. The Bertz CT molecular complexity index is 265. The lowest BCUT2D eigenvalue weighted by molar-refractivity contribution is -0.129. The topological polar surface area (TPSA) is 84.2 Å². The third-order valence-electron chi connectivity index (χ3n) is 2.93. The third-order valence-corrected chi connectivity index (χ3v) is 2.93. The monoisotopic (exact) mass is 263 g/mol. The highest BCUT2D eigenvalue weighted by molar-refractivity contribution is 5.90. The van der Waals surface area contributed by atoms with E-state index >= 15 is 0 Å². The molecule has 6 heteroatoms. The van der Waals surface area contributed by atoms with Crippen LogP contribution in [-0.2, 0) is 9.59 Å². The first-order chi connectivity index (χ1) is 7.58. The number of hydrogen-bond donors (Lipinski definition) is 3. The van der Waals surface area contributed by atoms with Crippen LogP contribution in [0.25, 0.3) is 0 Å². The summed E-state index contributed by atoms with van der Waals surface area (Å²) >= 11 is 0. The smallest absolute Gasteiger partial charge is 0.240 e. The van der Waals surface area contributed by atoms with Crippen molar-refractivity contribution in [3.8, 4) is 0 Å². The number of amides is 2. The molecule has 0 aliphatic heterocycles. The van der Waals surface area contributed by atoms with Crippen molar-refractivity contribution in [1.82, 2.24) is 10.6 Å². The van der Waals surface area contributed by atoms with Crippen molar-refractivity contribution < 1.29 is 9.59 Å². The number of rotatable bonds is 5. The predicted octanol–water partition coefficient (Wildman–Crippen LogP) is 0.322. The minimum absolute atomic E-state index is 0. The first kappa shape index (κ1) is 16.2. The van der Waals surface area contributed by atoms with Crippen LogP contribution in [0.5, 0.6) is 0 Å². The minimum atomic E-state index is -0.745. The fourth-order valence-corrected chi connectivity index (χ4v) is 1.90. The molecule has 1 rings (SSSR count). The number of halogens is 1. The van der Waals surface area contributed by atoms with Crippen molar-refractivity contribution in [3.63, 3.8) is 0 Å². The second-order valence-corrected chi connectivity index (χ2v) is 4.40. The van der Waals surface area contributed by atoms with Crippen LogP contribution in [0.1, 0.15) is 39.0 Å². The predicted molar refractivity (Wildman–Crippen MR) is 68.9 cm³/mol. The molecule has 0 aromatic rings. The lowest BCUT2D eigenvalue weighted by Gasteiger charge is -2.21. The van der Waals surface area contributed by atoms with Crippen LogP contribution in [0.15, 0.2) is 0 Å². The van der Waals surface area contributed by atoms with Gasteiger partial charge in [0, 0.05) is 6.54 Å². The van der Waals surface area contributed by atoms with Crippen LogP contribution >= 0.6 is 12.4 Å². The molecule has 0 saturated heterocycles. The summed E-state index contributed by atoms with van der Waals surface area (Å²) in [6.45, 7) is 2.65. The van der Waals surface area contributed by atoms with E-state index in [0.717, 1.165) is 32.1 Å². The highest BCUT2D eigenvalue weighted by atomic mass is 35.5. The van der Waals surface area contributed by atoms with Crippen molar-refractivity contribution in [2.75, 3.05) is 13.1 Å². The largest absolute Gasteiger partial charge is 0.355 e.